The molecule has 0 radical (unpaired) electrons. The quantitative estimate of drug-likeness (QED) is 0.668. The van der Waals surface area contributed by atoms with E-state index in [9.17, 15) is 21.6 Å². The number of aryl methyl sites for hydroxylation is 3. The highest BCUT2D eigenvalue weighted by atomic mass is 32.2. The van der Waals surface area contributed by atoms with Crippen LogP contribution in [0, 0.1) is 20.8 Å². The molecule has 0 spiro atoms. The molecule has 2 heterocycles. The number of alkyl halides is 3. The van der Waals surface area contributed by atoms with Crippen LogP contribution in [-0.2, 0) is 16.4 Å². The Balaban J connectivity index is 1.98. The molecule has 5 nitrogen and oxygen atoms in total. The summed E-state index contributed by atoms with van der Waals surface area (Å²) in [6.07, 6.45) is -2.43. The second-order valence-corrected chi connectivity index (χ2v) is 8.51. The second-order valence-electron chi connectivity index (χ2n) is 6.86. The predicted molar refractivity (Wildman–Crippen MR) is 101 cm³/mol. The third-order valence-corrected chi connectivity index (χ3v) is 6.28. The standard InChI is InChI=1S/C19H20F3N3O2S/c1-11-7-12(2)18(13(3)8-11)28(26,27)25-16(19(20,21)22)9-14-10-24-15-5-4-6-23-17(14)15/h4-8,10,16,24-25H,9H2,1-3H3. The van der Waals surface area contributed by atoms with Crippen LogP contribution in [0.15, 0.2) is 41.6 Å². The number of aromatic amines is 1. The Labute approximate surface area is 161 Å². The topological polar surface area (TPSA) is 74.8 Å². The lowest BCUT2D eigenvalue weighted by Gasteiger charge is -2.22. The molecule has 0 saturated heterocycles. The Bertz CT molecular complexity index is 1100. The molecule has 0 aliphatic carbocycles. The number of halogens is 3. The summed E-state index contributed by atoms with van der Waals surface area (Å²) >= 11 is 0. The van der Waals surface area contributed by atoms with Crippen molar-refractivity contribution in [2.75, 3.05) is 0 Å². The number of sulfonamides is 1. The van der Waals surface area contributed by atoms with E-state index in [0.29, 0.717) is 22.2 Å². The number of hydrogen-bond acceptors (Lipinski definition) is 3. The molecule has 3 rings (SSSR count). The molecule has 1 aromatic carbocycles. The van der Waals surface area contributed by atoms with Gasteiger partial charge in [-0.25, -0.2) is 8.42 Å². The summed E-state index contributed by atoms with van der Waals surface area (Å²) in [6, 6.07) is 4.34. The lowest BCUT2D eigenvalue weighted by Crippen LogP contribution is -2.47. The molecule has 2 N–H and O–H groups in total. The second kappa shape index (κ2) is 7.21. The van der Waals surface area contributed by atoms with Crippen LogP contribution in [0.4, 0.5) is 13.2 Å². The smallest absolute Gasteiger partial charge is 0.360 e. The summed E-state index contributed by atoms with van der Waals surface area (Å²) in [5, 5.41) is 0. The number of nitrogens with one attached hydrogen (secondary N) is 2. The first-order valence-electron chi connectivity index (χ1n) is 8.57. The van der Waals surface area contributed by atoms with Gasteiger partial charge in [-0.05, 0) is 49.6 Å². The first-order chi connectivity index (χ1) is 13.0. The van der Waals surface area contributed by atoms with Crippen LogP contribution >= 0.6 is 0 Å². The van der Waals surface area contributed by atoms with Gasteiger partial charge in [0.25, 0.3) is 0 Å². The molecule has 0 fully saturated rings. The first kappa shape index (κ1) is 20.3. The van der Waals surface area contributed by atoms with E-state index >= 15 is 0 Å². The number of pyridine rings is 1. The molecule has 3 aromatic rings. The van der Waals surface area contributed by atoms with Gasteiger partial charge in [0.2, 0.25) is 10.0 Å². The van der Waals surface area contributed by atoms with Crippen molar-refractivity contribution in [1.29, 1.82) is 0 Å². The molecule has 0 aliphatic rings. The molecule has 1 unspecified atom stereocenters. The number of H-pyrrole nitrogens is 1. The van der Waals surface area contributed by atoms with Crippen LogP contribution in [0.1, 0.15) is 22.3 Å². The summed E-state index contributed by atoms with van der Waals surface area (Å²) < 4.78 is 68.5. The maximum absolute atomic E-state index is 13.7. The molecule has 150 valence electrons. The lowest BCUT2D eigenvalue weighted by molar-refractivity contribution is -0.150. The van der Waals surface area contributed by atoms with Crippen molar-refractivity contribution in [3.63, 3.8) is 0 Å². The number of nitrogens with zero attached hydrogens (tertiary/aromatic N) is 1. The normalized spacial score (nSPS) is 13.8. The molecular formula is C19H20F3N3O2S. The zero-order valence-electron chi connectivity index (χ0n) is 15.6. The fraction of sp³-hybridized carbons (Fsp3) is 0.316. The molecule has 1 atom stereocenters. The Kier molecular flexibility index (Phi) is 5.24. The average Bonchev–Trinajstić information content (AvgIpc) is 2.95. The number of hydrogen-bond donors (Lipinski definition) is 2. The highest BCUT2D eigenvalue weighted by molar-refractivity contribution is 7.89. The summed E-state index contributed by atoms with van der Waals surface area (Å²) in [6.45, 7) is 4.94. The van der Waals surface area contributed by atoms with Crippen LogP contribution in [0.25, 0.3) is 11.0 Å². The molecule has 0 bridgehead atoms. The number of benzene rings is 1. The van der Waals surface area contributed by atoms with Crippen LogP contribution < -0.4 is 4.72 Å². The van der Waals surface area contributed by atoms with Gasteiger partial charge < -0.3 is 4.98 Å². The first-order valence-corrected chi connectivity index (χ1v) is 10.1. The van der Waals surface area contributed by atoms with Gasteiger partial charge in [-0.2, -0.15) is 17.9 Å². The van der Waals surface area contributed by atoms with E-state index in [1.54, 1.807) is 45.0 Å². The Morgan fingerprint density at radius 2 is 1.82 bits per heavy atom. The lowest BCUT2D eigenvalue weighted by atomic mass is 10.1. The highest BCUT2D eigenvalue weighted by Crippen LogP contribution is 2.29. The number of fused-ring (bicyclic) bond motifs is 1. The largest absolute Gasteiger partial charge is 0.405 e. The summed E-state index contributed by atoms with van der Waals surface area (Å²) in [5.74, 6) is 0. The number of rotatable bonds is 5. The Morgan fingerprint density at radius 1 is 1.18 bits per heavy atom. The molecule has 9 heteroatoms. The van der Waals surface area contributed by atoms with E-state index in [2.05, 4.69) is 9.97 Å². The van der Waals surface area contributed by atoms with Crippen molar-refractivity contribution in [2.45, 2.75) is 44.3 Å². The van der Waals surface area contributed by atoms with Gasteiger partial charge in [0.15, 0.2) is 0 Å². The summed E-state index contributed by atoms with van der Waals surface area (Å²) in [5.41, 5.74) is 2.91. The van der Waals surface area contributed by atoms with Gasteiger partial charge in [0.1, 0.15) is 6.04 Å². The minimum Gasteiger partial charge on any atom is -0.360 e. The zero-order valence-corrected chi connectivity index (χ0v) is 16.4. The molecule has 0 aliphatic heterocycles. The van der Waals surface area contributed by atoms with E-state index in [4.69, 9.17) is 0 Å². The highest BCUT2D eigenvalue weighted by Gasteiger charge is 2.43. The van der Waals surface area contributed by atoms with E-state index in [1.807, 2.05) is 4.72 Å². The third-order valence-electron chi connectivity index (χ3n) is 4.50. The monoisotopic (exact) mass is 411 g/mol. The predicted octanol–water partition coefficient (Wildman–Crippen LogP) is 3.94. The van der Waals surface area contributed by atoms with E-state index in [-0.39, 0.29) is 10.5 Å². The molecule has 0 saturated carbocycles. The van der Waals surface area contributed by atoms with Crippen LogP contribution in [-0.4, -0.2) is 30.6 Å². The van der Waals surface area contributed by atoms with Gasteiger partial charge in [-0.1, -0.05) is 17.7 Å². The maximum atomic E-state index is 13.7. The van der Waals surface area contributed by atoms with Gasteiger partial charge in [0, 0.05) is 18.8 Å². The van der Waals surface area contributed by atoms with Crippen molar-refractivity contribution in [1.82, 2.24) is 14.7 Å². The molecule has 28 heavy (non-hydrogen) atoms. The minimum absolute atomic E-state index is 0.121. The van der Waals surface area contributed by atoms with Crippen LogP contribution in [0.3, 0.4) is 0 Å². The minimum atomic E-state index is -4.77. The van der Waals surface area contributed by atoms with Crippen LogP contribution in [0.5, 0.6) is 0 Å². The fourth-order valence-corrected chi connectivity index (χ4v) is 5.12. The fourth-order valence-electron chi connectivity index (χ4n) is 3.45. The maximum Gasteiger partial charge on any atom is 0.405 e. The zero-order chi connectivity index (χ0) is 20.7. The van der Waals surface area contributed by atoms with Crippen molar-refractivity contribution < 1.29 is 21.6 Å². The van der Waals surface area contributed by atoms with E-state index in [1.165, 1.54) is 12.4 Å². The third kappa shape index (κ3) is 4.05. The Hall–Kier alpha value is -2.39. The molecule has 2 aromatic heterocycles. The average molecular weight is 411 g/mol. The van der Waals surface area contributed by atoms with Gasteiger partial charge in [-0.3, -0.25) is 4.98 Å². The van der Waals surface area contributed by atoms with Gasteiger partial charge >= 0.3 is 6.18 Å². The van der Waals surface area contributed by atoms with Crippen molar-refractivity contribution >= 4 is 21.1 Å². The Morgan fingerprint density at radius 3 is 2.43 bits per heavy atom. The summed E-state index contributed by atoms with van der Waals surface area (Å²) in [4.78, 5) is 6.83. The molecule has 0 amide bonds. The van der Waals surface area contributed by atoms with Crippen molar-refractivity contribution in [2.24, 2.45) is 0 Å². The van der Waals surface area contributed by atoms with Gasteiger partial charge in [0.05, 0.1) is 15.9 Å². The van der Waals surface area contributed by atoms with Crippen molar-refractivity contribution in [3.05, 3.63) is 58.9 Å². The SMILES string of the molecule is Cc1cc(C)c(S(=O)(=O)NC(Cc2c[nH]c3cccnc23)C(F)(F)F)c(C)c1. The molecular weight excluding hydrogens is 391 g/mol. The van der Waals surface area contributed by atoms with Crippen molar-refractivity contribution in [3.8, 4) is 0 Å². The van der Waals surface area contributed by atoms with Gasteiger partial charge in [-0.15, -0.1) is 0 Å². The summed E-state index contributed by atoms with van der Waals surface area (Å²) in [7, 11) is -4.38. The van der Waals surface area contributed by atoms with E-state index < -0.39 is 28.7 Å². The van der Waals surface area contributed by atoms with E-state index in [0.717, 1.165) is 5.56 Å². The van der Waals surface area contributed by atoms with Crippen LogP contribution in [0.2, 0.25) is 0 Å². The number of aromatic nitrogens is 2.